The van der Waals surface area contributed by atoms with Crippen molar-refractivity contribution in [1.82, 2.24) is 0 Å². The van der Waals surface area contributed by atoms with Crippen LogP contribution in [-0.2, 0) is 9.09 Å². The van der Waals surface area contributed by atoms with Crippen LogP contribution in [0.15, 0.2) is 0 Å². The first-order valence-corrected chi connectivity index (χ1v) is 4.11. The molecule has 0 aromatic heterocycles. The predicted octanol–water partition coefficient (Wildman–Crippen LogP) is 2.85. The minimum Gasteiger partial charge on any atom is -0.280 e. The van der Waals surface area contributed by atoms with Crippen molar-refractivity contribution in [3.05, 3.63) is 0 Å². The van der Waals surface area contributed by atoms with Crippen molar-refractivity contribution in [2.75, 3.05) is 6.61 Å². The summed E-state index contributed by atoms with van der Waals surface area (Å²) in [6.45, 7) is 1.73. The summed E-state index contributed by atoms with van der Waals surface area (Å²) in [7, 11) is -5.20. The van der Waals surface area contributed by atoms with E-state index in [1.54, 1.807) is 0 Å². The standard InChI is InChI=1S/C4H9F2O2P/c1-2-3-4-8-9(5,6)7/h2-4H2,1H3. The van der Waals surface area contributed by atoms with Crippen molar-refractivity contribution >= 4 is 7.99 Å². The van der Waals surface area contributed by atoms with Gasteiger partial charge in [-0.3, -0.25) is 4.52 Å². The predicted molar refractivity (Wildman–Crippen MR) is 30.7 cm³/mol. The average Bonchev–Trinajstić information content (AvgIpc) is 1.63. The van der Waals surface area contributed by atoms with Crippen LogP contribution >= 0.6 is 7.99 Å². The molecule has 2 nitrogen and oxygen atoms in total. The van der Waals surface area contributed by atoms with Crippen molar-refractivity contribution in [1.29, 1.82) is 0 Å². The minimum atomic E-state index is -5.20. The molecule has 0 aromatic carbocycles. The molecule has 0 amide bonds. The third-order valence-corrected chi connectivity index (χ3v) is 1.22. The summed E-state index contributed by atoms with van der Waals surface area (Å²) in [5.74, 6) is 0. The van der Waals surface area contributed by atoms with Crippen molar-refractivity contribution in [2.45, 2.75) is 19.8 Å². The van der Waals surface area contributed by atoms with Gasteiger partial charge in [-0.1, -0.05) is 13.3 Å². The third-order valence-electron chi connectivity index (χ3n) is 0.739. The van der Waals surface area contributed by atoms with Crippen LogP contribution in [0.4, 0.5) is 8.39 Å². The molecular formula is C4H9F2O2P. The Hall–Kier alpha value is 0.0500. The lowest BCUT2D eigenvalue weighted by Crippen LogP contribution is -1.85. The minimum absolute atomic E-state index is 0.110. The fourth-order valence-corrected chi connectivity index (χ4v) is 0.657. The van der Waals surface area contributed by atoms with E-state index < -0.39 is 7.99 Å². The monoisotopic (exact) mass is 158 g/mol. The maximum Gasteiger partial charge on any atom is 0.551 e. The highest BCUT2D eigenvalue weighted by Gasteiger charge is 2.18. The zero-order chi connectivity index (χ0) is 7.33. The van der Waals surface area contributed by atoms with Gasteiger partial charge in [-0.25, -0.2) is 4.57 Å². The van der Waals surface area contributed by atoms with Crippen molar-refractivity contribution in [2.24, 2.45) is 0 Å². The van der Waals surface area contributed by atoms with Gasteiger partial charge in [0.1, 0.15) is 0 Å². The first-order valence-electron chi connectivity index (χ1n) is 2.70. The molecule has 0 spiro atoms. The maximum absolute atomic E-state index is 11.4. The molecule has 0 heterocycles. The maximum atomic E-state index is 11.4. The molecule has 0 saturated carbocycles. The van der Waals surface area contributed by atoms with E-state index >= 15 is 0 Å². The highest BCUT2D eigenvalue weighted by Crippen LogP contribution is 2.50. The van der Waals surface area contributed by atoms with Gasteiger partial charge in [-0.15, -0.1) is 8.39 Å². The van der Waals surface area contributed by atoms with Crippen LogP contribution in [0.2, 0.25) is 0 Å². The van der Waals surface area contributed by atoms with Gasteiger partial charge in [-0.05, 0) is 6.42 Å². The van der Waals surface area contributed by atoms with Crippen molar-refractivity contribution < 1.29 is 17.5 Å². The van der Waals surface area contributed by atoms with E-state index in [9.17, 15) is 13.0 Å². The van der Waals surface area contributed by atoms with Crippen LogP contribution in [0.5, 0.6) is 0 Å². The lowest BCUT2D eigenvalue weighted by molar-refractivity contribution is 0.252. The summed E-state index contributed by atoms with van der Waals surface area (Å²) in [4.78, 5) is 0. The zero-order valence-electron chi connectivity index (χ0n) is 5.14. The molecule has 0 fully saturated rings. The molecule has 0 bridgehead atoms. The second kappa shape index (κ2) is 3.96. The molecule has 9 heavy (non-hydrogen) atoms. The molecule has 0 radical (unpaired) electrons. The second-order valence-corrected chi connectivity index (χ2v) is 2.69. The van der Waals surface area contributed by atoms with E-state index in [1.165, 1.54) is 0 Å². The Bertz CT molecular complexity index is 111. The molecule has 0 rings (SSSR count). The van der Waals surface area contributed by atoms with Gasteiger partial charge in [0.15, 0.2) is 0 Å². The van der Waals surface area contributed by atoms with Crippen LogP contribution in [0.1, 0.15) is 19.8 Å². The molecule has 56 valence electrons. The number of halogens is 2. The van der Waals surface area contributed by atoms with Gasteiger partial charge < -0.3 is 0 Å². The first kappa shape index (κ1) is 9.05. The highest BCUT2D eigenvalue weighted by atomic mass is 31.2. The number of hydrogen-bond donors (Lipinski definition) is 0. The number of hydrogen-bond acceptors (Lipinski definition) is 2. The summed E-state index contributed by atoms with van der Waals surface area (Å²) in [6, 6.07) is 0. The molecule has 0 aliphatic heterocycles. The molecule has 0 unspecified atom stereocenters. The average molecular weight is 158 g/mol. The Labute approximate surface area is 52.9 Å². The number of unbranched alkanes of at least 4 members (excludes halogenated alkanes) is 1. The molecule has 0 aliphatic rings. The molecule has 0 atom stereocenters. The molecule has 5 heteroatoms. The van der Waals surface area contributed by atoms with E-state index in [0.717, 1.165) is 6.42 Å². The van der Waals surface area contributed by atoms with E-state index in [-0.39, 0.29) is 6.61 Å². The fourth-order valence-electron chi connectivity index (χ4n) is 0.315. The third kappa shape index (κ3) is 8.05. The van der Waals surface area contributed by atoms with Gasteiger partial charge >= 0.3 is 7.99 Å². The van der Waals surface area contributed by atoms with Crippen molar-refractivity contribution in [3.8, 4) is 0 Å². The molecule has 0 aromatic rings. The topological polar surface area (TPSA) is 26.3 Å². The van der Waals surface area contributed by atoms with E-state index in [0.29, 0.717) is 6.42 Å². The van der Waals surface area contributed by atoms with Crippen LogP contribution in [-0.4, -0.2) is 6.61 Å². The van der Waals surface area contributed by atoms with E-state index in [1.807, 2.05) is 6.92 Å². The van der Waals surface area contributed by atoms with Gasteiger partial charge in [0.2, 0.25) is 0 Å². The van der Waals surface area contributed by atoms with Crippen LogP contribution < -0.4 is 0 Å². The summed E-state index contributed by atoms with van der Waals surface area (Å²) in [5.41, 5.74) is 0. The molecule has 0 N–H and O–H groups in total. The normalized spacial score (nSPS) is 11.9. The van der Waals surface area contributed by atoms with E-state index in [2.05, 4.69) is 4.52 Å². The largest absolute Gasteiger partial charge is 0.551 e. The Balaban J connectivity index is 3.18. The Morgan fingerprint density at radius 3 is 2.44 bits per heavy atom. The van der Waals surface area contributed by atoms with Gasteiger partial charge in [0, 0.05) is 0 Å². The SMILES string of the molecule is CCCCOP(=O)(F)F. The zero-order valence-corrected chi connectivity index (χ0v) is 6.04. The highest BCUT2D eigenvalue weighted by molar-refractivity contribution is 7.47. The summed E-state index contributed by atoms with van der Waals surface area (Å²) in [5, 5.41) is 0. The van der Waals surface area contributed by atoms with Gasteiger partial charge in [-0.2, -0.15) is 0 Å². The van der Waals surface area contributed by atoms with Gasteiger partial charge in [0.05, 0.1) is 6.61 Å². The second-order valence-electron chi connectivity index (χ2n) is 1.60. The molecule has 0 saturated heterocycles. The number of rotatable bonds is 4. The Morgan fingerprint density at radius 2 is 2.11 bits per heavy atom. The van der Waals surface area contributed by atoms with Crippen LogP contribution in [0.3, 0.4) is 0 Å². The lowest BCUT2D eigenvalue weighted by Gasteiger charge is -1.97. The smallest absolute Gasteiger partial charge is 0.280 e. The fraction of sp³-hybridized carbons (Fsp3) is 1.00. The Kier molecular flexibility index (Phi) is 3.98. The first-order chi connectivity index (χ1) is 4.06. The quantitative estimate of drug-likeness (QED) is 0.464. The summed E-state index contributed by atoms with van der Waals surface area (Å²) in [6.07, 6.45) is 1.29. The Morgan fingerprint density at radius 1 is 1.56 bits per heavy atom. The summed E-state index contributed by atoms with van der Waals surface area (Å²) >= 11 is 0. The lowest BCUT2D eigenvalue weighted by atomic mass is 10.4. The van der Waals surface area contributed by atoms with E-state index in [4.69, 9.17) is 0 Å². The van der Waals surface area contributed by atoms with Gasteiger partial charge in [0.25, 0.3) is 0 Å². The molecule has 0 aliphatic carbocycles. The molecular weight excluding hydrogens is 149 g/mol. The van der Waals surface area contributed by atoms with Crippen LogP contribution in [0, 0.1) is 0 Å². The van der Waals surface area contributed by atoms with Crippen molar-refractivity contribution in [3.63, 3.8) is 0 Å². The summed E-state index contributed by atoms with van der Waals surface area (Å²) < 4.78 is 36.0. The van der Waals surface area contributed by atoms with Crippen LogP contribution in [0.25, 0.3) is 0 Å².